The first-order chi connectivity index (χ1) is 10.3. The van der Waals surface area contributed by atoms with E-state index in [1.165, 1.54) is 5.56 Å². The molecule has 0 aliphatic carbocycles. The molecule has 112 valence electrons. The van der Waals surface area contributed by atoms with Crippen LogP contribution in [-0.4, -0.2) is 53.2 Å². The van der Waals surface area contributed by atoms with Gasteiger partial charge in [0.2, 0.25) is 5.13 Å². The summed E-state index contributed by atoms with van der Waals surface area (Å²) in [6.07, 6.45) is 0. The Hall–Kier alpha value is -1.50. The lowest BCUT2D eigenvalue weighted by molar-refractivity contribution is 0.122. The molecule has 1 saturated heterocycles. The number of anilines is 1. The van der Waals surface area contributed by atoms with E-state index in [1.807, 2.05) is 7.05 Å². The Balaban J connectivity index is 1.46. The first kappa shape index (κ1) is 14.4. The number of piperazine rings is 1. The summed E-state index contributed by atoms with van der Waals surface area (Å²) in [5.74, 6) is 0. The highest BCUT2D eigenvalue weighted by Gasteiger charge is 2.18. The van der Waals surface area contributed by atoms with E-state index >= 15 is 0 Å². The van der Waals surface area contributed by atoms with Crippen molar-refractivity contribution < 1.29 is 0 Å². The third kappa shape index (κ3) is 4.00. The van der Waals surface area contributed by atoms with Gasteiger partial charge in [-0.3, -0.25) is 9.80 Å². The van der Waals surface area contributed by atoms with Crippen LogP contribution in [0.4, 0.5) is 5.13 Å². The Morgan fingerprint density at radius 3 is 2.29 bits per heavy atom. The van der Waals surface area contributed by atoms with Crippen molar-refractivity contribution in [3.63, 3.8) is 0 Å². The van der Waals surface area contributed by atoms with Crippen molar-refractivity contribution in [2.45, 2.75) is 13.1 Å². The summed E-state index contributed by atoms with van der Waals surface area (Å²) in [5.41, 5.74) is 1.40. The van der Waals surface area contributed by atoms with E-state index in [9.17, 15) is 0 Å². The minimum atomic E-state index is 0.896. The third-order valence-corrected chi connectivity index (χ3v) is 4.68. The maximum absolute atomic E-state index is 4.22. The van der Waals surface area contributed by atoms with Gasteiger partial charge in [-0.2, -0.15) is 0 Å². The molecule has 1 aromatic heterocycles. The fourth-order valence-corrected chi connectivity index (χ4v) is 3.29. The molecule has 0 atom stereocenters. The molecular weight excluding hydrogens is 282 g/mol. The highest BCUT2D eigenvalue weighted by Crippen LogP contribution is 2.17. The molecule has 0 bridgehead atoms. The molecule has 5 nitrogen and oxygen atoms in total. The van der Waals surface area contributed by atoms with Gasteiger partial charge in [0.1, 0.15) is 5.01 Å². The van der Waals surface area contributed by atoms with Crippen LogP contribution in [0.15, 0.2) is 30.3 Å². The molecule has 0 radical (unpaired) electrons. The summed E-state index contributed by atoms with van der Waals surface area (Å²) < 4.78 is 0. The normalized spacial score (nSPS) is 17.0. The fourth-order valence-electron chi connectivity index (χ4n) is 2.56. The Bertz CT molecular complexity index is 548. The molecule has 6 heteroatoms. The van der Waals surface area contributed by atoms with Crippen LogP contribution in [0.1, 0.15) is 10.6 Å². The minimum absolute atomic E-state index is 0.896. The van der Waals surface area contributed by atoms with Gasteiger partial charge in [-0.1, -0.05) is 41.7 Å². The van der Waals surface area contributed by atoms with Crippen molar-refractivity contribution in [1.82, 2.24) is 20.0 Å². The SMILES string of the molecule is CNc1nnc(CN2CCN(Cc3ccccc3)CC2)s1. The molecule has 0 saturated carbocycles. The topological polar surface area (TPSA) is 44.3 Å². The van der Waals surface area contributed by atoms with Crippen molar-refractivity contribution in [2.24, 2.45) is 0 Å². The van der Waals surface area contributed by atoms with Gasteiger partial charge in [-0.05, 0) is 5.56 Å². The van der Waals surface area contributed by atoms with Gasteiger partial charge in [0.15, 0.2) is 0 Å². The molecule has 0 unspecified atom stereocenters. The number of nitrogens with zero attached hydrogens (tertiary/aromatic N) is 4. The standard InChI is InChI=1S/C15H21N5S/c1-16-15-18-17-14(21-15)12-20-9-7-19(8-10-20)11-13-5-3-2-4-6-13/h2-6H,7-12H2,1H3,(H,16,18). The lowest BCUT2D eigenvalue weighted by Gasteiger charge is -2.34. The zero-order chi connectivity index (χ0) is 14.5. The Morgan fingerprint density at radius 2 is 1.67 bits per heavy atom. The number of aromatic nitrogens is 2. The zero-order valence-corrected chi connectivity index (χ0v) is 13.1. The van der Waals surface area contributed by atoms with Crippen LogP contribution >= 0.6 is 11.3 Å². The molecule has 0 spiro atoms. The van der Waals surface area contributed by atoms with E-state index < -0.39 is 0 Å². The van der Waals surface area contributed by atoms with Crippen LogP contribution in [-0.2, 0) is 13.1 Å². The van der Waals surface area contributed by atoms with Crippen LogP contribution < -0.4 is 5.32 Å². The van der Waals surface area contributed by atoms with E-state index in [-0.39, 0.29) is 0 Å². The zero-order valence-electron chi connectivity index (χ0n) is 12.3. The summed E-state index contributed by atoms with van der Waals surface area (Å²) >= 11 is 1.64. The molecule has 1 fully saturated rings. The average molecular weight is 303 g/mol. The number of hydrogen-bond acceptors (Lipinski definition) is 6. The Morgan fingerprint density at radius 1 is 1.00 bits per heavy atom. The van der Waals surface area contributed by atoms with Gasteiger partial charge in [-0.15, -0.1) is 10.2 Å². The van der Waals surface area contributed by atoms with Gasteiger partial charge < -0.3 is 5.32 Å². The predicted molar refractivity (Wildman–Crippen MR) is 86.5 cm³/mol. The largest absolute Gasteiger partial charge is 0.363 e. The lowest BCUT2D eigenvalue weighted by Crippen LogP contribution is -2.45. The summed E-state index contributed by atoms with van der Waals surface area (Å²) in [5, 5.41) is 13.3. The second-order valence-corrected chi connectivity index (χ2v) is 6.35. The summed E-state index contributed by atoms with van der Waals surface area (Å²) in [7, 11) is 1.88. The first-order valence-electron chi connectivity index (χ1n) is 7.32. The van der Waals surface area contributed by atoms with Gasteiger partial charge in [-0.25, -0.2) is 0 Å². The van der Waals surface area contributed by atoms with Gasteiger partial charge >= 0.3 is 0 Å². The van der Waals surface area contributed by atoms with E-state index in [1.54, 1.807) is 11.3 Å². The van der Waals surface area contributed by atoms with Gasteiger partial charge in [0.05, 0.1) is 6.54 Å². The third-order valence-electron chi connectivity index (χ3n) is 3.75. The minimum Gasteiger partial charge on any atom is -0.363 e. The highest BCUT2D eigenvalue weighted by atomic mass is 32.1. The Kier molecular flexibility index (Phi) is 4.80. The van der Waals surface area contributed by atoms with Gasteiger partial charge in [0.25, 0.3) is 0 Å². The summed E-state index contributed by atoms with van der Waals surface area (Å²) in [6, 6.07) is 10.7. The molecule has 1 N–H and O–H groups in total. The highest BCUT2D eigenvalue weighted by molar-refractivity contribution is 7.15. The van der Waals surface area contributed by atoms with Crippen LogP contribution in [0.25, 0.3) is 0 Å². The second-order valence-electron chi connectivity index (χ2n) is 5.29. The van der Waals surface area contributed by atoms with Crippen LogP contribution in [0.3, 0.4) is 0 Å². The van der Waals surface area contributed by atoms with Crippen LogP contribution in [0.5, 0.6) is 0 Å². The van der Waals surface area contributed by atoms with E-state index in [0.29, 0.717) is 0 Å². The van der Waals surface area contributed by atoms with E-state index in [2.05, 4.69) is 55.6 Å². The first-order valence-corrected chi connectivity index (χ1v) is 8.14. The number of hydrogen-bond donors (Lipinski definition) is 1. The number of benzene rings is 1. The average Bonchev–Trinajstić information content (AvgIpc) is 2.98. The van der Waals surface area contributed by atoms with Crippen LogP contribution in [0.2, 0.25) is 0 Å². The molecule has 0 amide bonds. The van der Waals surface area contributed by atoms with Crippen molar-refractivity contribution in [3.8, 4) is 0 Å². The molecule has 1 aromatic carbocycles. The molecule has 3 rings (SSSR count). The molecule has 21 heavy (non-hydrogen) atoms. The van der Waals surface area contributed by atoms with Crippen LogP contribution in [0, 0.1) is 0 Å². The molecule has 2 aromatic rings. The number of rotatable bonds is 5. The predicted octanol–water partition coefficient (Wildman–Crippen LogP) is 1.90. The number of nitrogens with one attached hydrogen (secondary N) is 1. The quantitative estimate of drug-likeness (QED) is 0.914. The second kappa shape index (κ2) is 6.98. The monoisotopic (exact) mass is 303 g/mol. The maximum Gasteiger partial charge on any atom is 0.205 e. The smallest absolute Gasteiger partial charge is 0.205 e. The summed E-state index contributed by atoms with van der Waals surface area (Å²) in [4.78, 5) is 4.98. The van der Waals surface area contributed by atoms with E-state index in [0.717, 1.165) is 49.4 Å². The van der Waals surface area contributed by atoms with Crippen molar-refractivity contribution in [1.29, 1.82) is 0 Å². The molecule has 1 aliphatic heterocycles. The summed E-state index contributed by atoms with van der Waals surface area (Å²) in [6.45, 7) is 6.40. The lowest BCUT2D eigenvalue weighted by atomic mass is 10.2. The molecule has 2 heterocycles. The van der Waals surface area contributed by atoms with Gasteiger partial charge in [0, 0.05) is 39.8 Å². The molecule has 1 aliphatic rings. The Labute approximate surface area is 129 Å². The molecular formula is C15H21N5S. The maximum atomic E-state index is 4.22. The van der Waals surface area contributed by atoms with Crippen molar-refractivity contribution in [2.75, 3.05) is 38.5 Å². The fraction of sp³-hybridized carbons (Fsp3) is 0.467. The van der Waals surface area contributed by atoms with Crippen molar-refractivity contribution >= 4 is 16.5 Å². The van der Waals surface area contributed by atoms with Crippen molar-refractivity contribution in [3.05, 3.63) is 40.9 Å². The van der Waals surface area contributed by atoms with E-state index in [4.69, 9.17) is 0 Å².